The summed E-state index contributed by atoms with van der Waals surface area (Å²) in [7, 11) is 0. The fraction of sp³-hybridized carbons (Fsp3) is 0.667. The van der Waals surface area contributed by atoms with Crippen LogP contribution < -0.4 is 5.32 Å². The minimum Gasteiger partial charge on any atom is -0.508 e. The minimum atomic E-state index is 0.124. The molecule has 2 N–H and O–H groups in total. The van der Waals surface area contributed by atoms with Crippen molar-refractivity contribution in [2.45, 2.75) is 90.5 Å². The van der Waals surface area contributed by atoms with Crippen molar-refractivity contribution in [3.05, 3.63) is 29.8 Å². The number of aromatic hydroxyl groups is 1. The summed E-state index contributed by atoms with van der Waals surface area (Å²) < 4.78 is 0. The number of benzene rings is 1. The lowest BCUT2D eigenvalue weighted by Gasteiger charge is -2.06. The van der Waals surface area contributed by atoms with Gasteiger partial charge >= 0.3 is 0 Å². The molecule has 1 amide bonds. The van der Waals surface area contributed by atoms with E-state index in [0.29, 0.717) is 13.0 Å². The number of phenols is 1. The molecule has 1 aromatic rings. The molecule has 0 heterocycles. The van der Waals surface area contributed by atoms with Gasteiger partial charge < -0.3 is 10.4 Å². The van der Waals surface area contributed by atoms with Crippen LogP contribution in [0.3, 0.4) is 0 Å². The van der Waals surface area contributed by atoms with Crippen LogP contribution in [-0.4, -0.2) is 11.0 Å². The second-order valence-corrected chi connectivity index (χ2v) is 6.73. The van der Waals surface area contributed by atoms with Crippen LogP contribution in [0.5, 0.6) is 5.75 Å². The summed E-state index contributed by atoms with van der Waals surface area (Å²) in [6, 6.07) is 6.95. The zero-order valence-electron chi connectivity index (χ0n) is 15.4. The summed E-state index contributed by atoms with van der Waals surface area (Å²) in [5, 5.41) is 12.1. The monoisotopic (exact) mass is 333 g/mol. The lowest BCUT2D eigenvalue weighted by Crippen LogP contribution is -2.22. The smallest absolute Gasteiger partial charge is 0.220 e. The Bertz CT molecular complexity index is 428. The molecule has 3 nitrogen and oxygen atoms in total. The minimum absolute atomic E-state index is 0.124. The maximum atomic E-state index is 11.8. The zero-order valence-corrected chi connectivity index (χ0v) is 15.4. The second kappa shape index (κ2) is 13.9. The first-order valence-corrected chi connectivity index (χ1v) is 9.77. The number of rotatable bonds is 14. The number of carbonyl (C=O) groups excluding carboxylic acids is 1. The standard InChI is InChI=1S/C21H35NO2/c1-2-3-4-5-6-7-8-9-10-11-12-13-21(24)22-18-19-14-16-20(23)17-15-19/h14-17,23H,2-13,18H2,1H3,(H,22,24). The number of hydrogen-bond donors (Lipinski definition) is 2. The molecule has 1 aromatic carbocycles. The van der Waals surface area contributed by atoms with Crippen LogP contribution >= 0.6 is 0 Å². The number of carbonyl (C=O) groups is 1. The highest BCUT2D eigenvalue weighted by molar-refractivity contribution is 5.75. The van der Waals surface area contributed by atoms with Gasteiger partial charge in [0.1, 0.15) is 5.75 Å². The van der Waals surface area contributed by atoms with E-state index in [1.807, 2.05) is 12.1 Å². The van der Waals surface area contributed by atoms with Crippen LogP contribution in [0.25, 0.3) is 0 Å². The molecule has 0 saturated heterocycles. The molecule has 0 fully saturated rings. The number of hydrogen-bond acceptors (Lipinski definition) is 2. The molecule has 0 unspecified atom stereocenters. The van der Waals surface area contributed by atoms with E-state index in [1.165, 1.54) is 57.8 Å². The third kappa shape index (κ3) is 11.1. The lowest BCUT2D eigenvalue weighted by atomic mass is 10.1. The molecule has 0 bridgehead atoms. The van der Waals surface area contributed by atoms with Gasteiger partial charge in [0.25, 0.3) is 0 Å². The van der Waals surface area contributed by atoms with Crippen LogP contribution in [0.2, 0.25) is 0 Å². The summed E-state index contributed by atoms with van der Waals surface area (Å²) in [5.41, 5.74) is 1.01. The van der Waals surface area contributed by atoms with E-state index < -0.39 is 0 Å². The molecular weight excluding hydrogens is 298 g/mol. The van der Waals surface area contributed by atoms with Crippen molar-refractivity contribution in [3.8, 4) is 5.75 Å². The predicted molar refractivity (Wildman–Crippen MR) is 101 cm³/mol. The van der Waals surface area contributed by atoms with Crippen molar-refractivity contribution in [3.63, 3.8) is 0 Å². The van der Waals surface area contributed by atoms with E-state index in [0.717, 1.165) is 18.4 Å². The highest BCUT2D eigenvalue weighted by Gasteiger charge is 2.01. The molecule has 0 saturated carbocycles. The highest BCUT2D eigenvalue weighted by Crippen LogP contribution is 2.12. The number of nitrogens with one attached hydrogen (secondary N) is 1. The molecule has 0 radical (unpaired) electrons. The first kappa shape index (κ1) is 20.5. The average molecular weight is 334 g/mol. The van der Waals surface area contributed by atoms with Gasteiger partial charge in [-0.05, 0) is 24.1 Å². The van der Waals surface area contributed by atoms with Crippen LogP contribution in [0.4, 0.5) is 0 Å². The fourth-order valence-electron chi connectivity index (χ4n) is 2.85. The summed E-state index contributed by atoms with van der Waals surface area (Å²) >= 11 is 0. The molecule has 24 heavy (non-hydrogen) atoms. The van der Waals surface area contributed by atoms with E-state index >= 15 is 0 Å². The van der Waals surface area contributed by atoms with Gasteiger partial charge in [0.2, 0.25) is 5.91 Å². The van der Waals surface area contributed by atoms with E-state index in [-0.39, 0.29) is 11.7 Å². The van der Waals surface area contributed by atoms with Crippen molar-refractivity contribution >= 4 is 5.91 Å². The van der Waals surface area contributed by atoms with E-state index in [1.54, 1.807) is 12.1 Å². The van der Waals surface area contributed by atoms with Gasteiger partial charge in [0.05, 0.1) is 0 Å². The van der Waals surface area contributed by atoms with E-state index in [2.05, 4.69) is 12.2 Å². The third-order valence-electron chi connectivity index (χ3n) is 4.43. The SMILES string of the molecule is CCCCCCCCCCCCCC(=O)NCc1ccc(O)cc1. The Balaban J connectivity index is 1.88. The van der Waals surface area contributed by atoms with Crippen molar-refractivity contribution < 1.29 is 9.90 Å². The van der Waals surface area contributed by atoms with E-state index in [4.69, 9.17) is 0 Å². The summed E-state index contributed by atoms with van der Waals surface area (Å²) in [6.07, 6.45) is 14.9. The molecule has 1 rings (SSSR count). The Kier molecular flexibility index (Phi) is 11.9. The van der Waals surface area contributed by atoms with Gasteiger partial charge in [-0.1, -0.05) is 83.3 Å². The van der Waals surface area contributed by atoms with Gasteiger partial charge in [0.15, 0.2) is 0 Å². The Morgan fingerprint density at radius 1 is 0.833 bits per heavy atom. The van der Waals surface area contributed by atoms with Crippen molar-refractivity contribution in [2.24, 2.45) is 0 Å². The van der Waals surface area contributed by atoms with Crippen molar-refractivity contribution in [1.29, 1.82) is 0 Å². The van der Waals surface area contributed by atoms with Crippen LogP contribution in [0.1, 0.15) is 89.5 Å². The quantitative estimate of drug-likeness (QED) is 0.428. The maximum absolute atomic E-state index is 11.8. The predicted octanol–water partition coefficient (Wildman–Crippen LogP) is 5.71. The van der Waals surface area contributed by atoms with Gasteiger partial charge in [-0.3, -0.25) is 4.79 Å². The molecule has 0 aliphatic rings. The van der Waals surface area contributed by atoms with Gasteiger partial charge in [0, 0.05) is 13.0 Å². The summed E-state index contributed by atoms with van der Waals surface area (Å²) in [4.78, 5) is 11.8. The Morgan fingerprint density at radius 2 is 1.33 bits per heavy atom. The molecule has 0 aromatic heterocycles. The average Bonchev–Trinajstić information content (AvgIpc) is 2.59. The number of unbranched alkanes of at least 4 members (excludes halogenated alkanes) is 10. The van der Waals surface area contributed by atoms with Gasteiger partial charge in [-0.15, -0.1) is 0 Å². The summed E-state index contributed by atoms with van der Waals surface area (Å²) in [6.45, 7) is 2.80. The largest absolute Gasteiger partial charge is 0.508 e. The van der Waals surface area contributed by atoms with Crippen LogP contribution in [-0.2, 0) is 11.3 Å². The number of amides is 1. The fourth-order valence-corrected chi connectivity index (χ4v) is 2.85. The third-order valence-corrected chi connectivity index (χ3v) is 4.43. The molecule has 136 valence electrons. The van der Waals surface area contributed by atoms with E-state index in [9.17, 15) is 9.90 Å². The normalized spacial score (nSPS) is 10.7. The van der Waals surface area contributed by atoms with Gasteiger partial charge in [-0.2, -0.15) is 0 Å². The van der Waals surface area contributed by atoms with Crippen LogP contribution in [0, 0.1) is 0 Å². The second-order valence-electron chi connectivity index (χ2n) is 6.73. The Labute approximate surface area is 147 Å². The first-order valence-electron chi connectivity index (χ1n) is 9.77. The molecule has 3 heteroatoms. The summed E-state index contributed by atoms with van der Waals surface area (Å²) in [5.74, 6) is 0.380. The maximum Gasteiger partial charge on any atom is 0.220 e. The van der Waals surface area contributed by atoms with Crippen LogP contribution in [0.15, 0.2) is 24.3 Å². The molecule has 0 aliphatic heterocycles. The Hall–Kier alpha value is -1.51. The van der Waals surface area contributed by atoms with Crippen molar-refractivity contribution in [2.75, 3.05) is 0 Å². The molecule has 0 spiro atoms. The molecular formula is C21H35NO2. The number of phenolic OH excluding ortho intramolecular Hbond substituents is 1. The van der Waals surface area contributed by atoms with Gasteiger partial charge in [-0.25, -0.2) is 0 Å². The molecule has 0 atom stereocenters. The lowest BCUT2D eigenvalue weighted by molar-refractivity contribution is -0.121. The topological polar surface area (TPSA) is 49.3 Å². The molecule has 0 aliphatic carbocycles. The Morgan fingerprint density at radius 3 is 1.88 bits per heavy atom. The zero-order chi connectivity index (χ0) is 17.5. The highest BCUT2D eigenvalue weighted by atomic mass is 16.3. The first-order chi connectivity index (χ1) is 11.7. The van der Waals surface area contributed by atoms with Crippen molar-refractivity contribution in [1.82, 2.24) is 5.32 Å².